The largest absolute Gasteiger partial charge is 0.460 e. The van der Waals surface area contributed by atoms with Gasteiger partial charge < -0.3 is 9.64 Å². The predicted molar refractivity (Wildman–Crippen MR) is 130 cm³/mol. The third-order valence-corrected chi connectivity index (χ3v) is 5.44. The topological polar surface area (TPSA) is 75.7 Å². The van der Waals surface area contributed by atoms with Crippen molar-refractivity contribution in [1.82, 2.24) is 5.32 Å². The van der Waals surface area contributed by atoms with Crippen LogP contribution in [0.25, 0.3) is 0 Å². The normalized spacial score (nSPS) is 18.9. The fourth-order valence-electron chi connectivity index (χ4n) is 4.00. The molecule has 6 nitrogen and oxygen atoms in total. The molecule has 0 aromatic heterocycles. The Kier molecular flexibility index (Phi) is 11.5. The third kappa shape index (κ3) is 8.78. The highest BCUT2D eigenvalue weighted by molar-refractivity contribution is 6.00. The van der Waals surface area contributed by atoms with Crippen LogP contribution in [0, 0.1) is 11.7 Å². The Labute approximate surface area is 198 Å². The van der Waals surface area contributed by atoms with Crippen molar-refractivity contribution in [2.45, 2.75) is 92.1 Å². The van der Waals surface area contributed by atoms with Crippen LogP contribution >= 0.6 is 0 Å². The number of carbonyl (C=O) groups is 3. The average Bonchev–Trinajstić information content (AvgIpc) is 2.76. The van der Waals surface area contributed by atoms with Crippen molar-refractivity contribution in [3.05, 3.63) is 29.6 Å². The zero-order chi connectivity index (χ0) is 25.2. The molecule has 2 amide bonds. The second-order valence-corrected chi connectivity index (χ2v) is 8.94. The first-order valence-corrected chi connectivity index (χ1v) is 12.2. The summed E-state index contributed by atoms with van der Waals surface area (Å²) in [6, 6.07) is 4.88. The first-order chi connectivity index (χ1) is 15.6. The van der Waals surface area contributed by atoms with Gasteiger partial charge >= 0.3 is 5.97 Å². The number of halogens is 1. The van der Waals surface area contributed by atoms with Crippen LogP contribution < -0.4 is 10.2 Å². The summed E-state index contributed by atoms with van der Waals surface area (Å²) in [5.41, 5.74) is 0.623. The van der Waals surface area contributed by atoms with Gasteiger partial charge in [0.15, 0.2) is 0 Å². The lowest BCUT2D eigenvalue weighted by Gasteiger charge is -2.34. The number of imide groups is 1. The minimum absolute atomic E-state index is 0.185. The van der Waals surface area contributed by atoms with Gasteiger partial charge in [0.2, 0.25) is 11.8 Å². The van der Waals surface area contributed by atoms with Crippen LogP contribution in [-0.4, -0.2) is 36.5 Å². The molecule has 1 aromatic rings. The van der Waals surface area contributed by atoms with Crippen molar-refractivity contribution < 1.29 is 23.5 Å². The Morgan fingerprint density at radius 2 is 1.70 bits per heavy atom. The summed E-state index contributed by atoms with van der Waals surface area (Å²) < 4.78 is 20.2. The highest BCUT2D eigenvalue weighted by Crippen LogP contribution is 2.31. The smallest absolute Gasteiger partial charge is 0.306 e. The predicted octanol–water partition coefficient (Wildman–Crippen LogP) is 5.35. The molecule has 186 valence electrons. The van der Waals surface area contributed by atoms with Gasteiger partial charge in [-0.05, 0) is 63.6 Å². The van der Waals surface area contributed by atoms with E-state index < -0.39 is 11.5 Å². The van der Waals surface area contributed by atoms with E-state index in [2.05, 4.69) is 5.32 Å². The summed E-state index contributed by atoms with van der Waals surface area (Å²) in [5, 5.41) is 2.31. The molecule has 0 aliphatic carbocycles. The van der Waals surface area contributed by atoms with Crippen molar-refractivity contribution in [2.75, 3.05) is 18.0 Å². The molecule has 33 heavy (non-hydrogen) atoms. The number of nitrogens with one attached hydrogen (secondary N) is 1. The molecule has 1 aromatic carbocycles. The molecule has 0 saturated carbocycles. The number of anilines is 1. The summed E-state index contributed by atoms with van der Waals surface area (Å²) in [4.78, 5) is 37.3. The van der Waals surface area contributed by atoms with Crippen molar-refractivity contribution >= 4 is 23.5 Å². The van der Waals surface area contributed by atoms with Crippen LogP contribution in [0.2, 0.25) is 0 Å². The fraction of sp³-hybridized carbons (Fsp3) is 0.654. The Balaban J connectivity index is 0.00000129. The van der Waals surface area contributed by atoms with E-state index in [1.165, 1.54) is 6.07 Å². The molecule has 2 fully saturated rings. The number of rotatable bonds is 4. The lowest BCUT2D eigenvalue weighted by molar-refractivity contribution is -0.156. The van der Waals surface area contributed by atoms with Crippen LogP contribution in [-0.2, 0) is 19.1 Å². The van der Waals surface area contributed by atoms with Crippen LogP contribution in [0.5, 0.6) is 0 Å². The fourth-order valence-corrected chi connectivity index (χ4v) is 4.00. The SMILES string of the molecule is CC.CC.CC(C)(C)OC(=O)CC1CCN(c2ccc(C3CCC(=O)NC3=O)cc2F)CC1. The number of nitrogens with zero attached hydrogens (tertiary/aromatic N) is 1. The standard InChI is InChI=1S/C22H29FN2O4.2C2H6/c1-22(2,3)29-20(27)12-14-8-10-25(11-9-14)18-6-4-15(13-17(18)23)16-5-7-19(26)24-21(16)28;2*1-2/h4,6,13-14,16H,5,7-12H2,1-3H3,(H,24,26,28);2*1-2H3. The molecular formula is C26H41FN2O4. The van der Waals surface area contributed by atoms with Crippen molar-refractivity contribution in [2.24, 2.45) is 5.92 Å². The number of amides is 2. The minimum Gasteiger partial charge on any atom is -0.460 e. The number of carbonyl (C=O) groups excluding carboxylic acids is 3. The summed E-state index contributed by atoms with van der Waals surface area (Å²) in [5.74, 6) is -1.44. The van der Waals surface area contributed by atoms with Crippen LogP contribution in [0.3, 0.4) is 0 Å². The number of esters is 1. The van der Waals surface area contributed by atoms with Gasteiger partial charge in [-0.3, -0.25) is 19.7 Å². The van der Waals surface area contributed by atoms with Crippen molar-refractivity contribution in [3.8, 4) is 0 Å². The zero-order valence-corrected chi connectivity index (χ0v) is 21.3. The molecule has 2 heterocycles. The van der Waals surface area contributed by atoms with Gasteiger partial charge in [0.1, 0.15) is 11.4 Å². The first-order valence-electron chi connectivity index (χ1n) is 12.2. The van der Waals surface area contributed by atoms with E-state index in [9.17, 15) is 18.8 Å². The molecule has 2 aliphatic rings. The average molecular weight is 465 g/mol. The van der Waals surface area contributed by atoms with E-state index >= 15 is 0 Å². The lowest BCUT2D eigenvalue weighted by Crippen LogP contribution is -2.39. The maximum Gasteiger partial charge on any atom is 0.306 e. The minimum atomic E-state index is -0.490. The maximum absolute atomic E-state index is 14.8. The maximum atomic E-state index is 14.8. The van der Waals surface area contributed by atoms with Gasteiger partial charge in [-0.15, -0.1) is 0 Å². The number of hydrogen-bond acceptors (Lipinski definition) is 5. The van der Waals surface area contributed by atoms with E-state index in [1.54, 1.807) is 12.1 Å². The van der Waals surface area contributed by atoms with E-state index in [1.807, 2.05) is 53.4 Å². The Morgan fingerprint density at radius 3 is 2.21 bits per heavy atom. The molecule has 3 rings (SSSR count). The number of ether oxygens (including phenoxy) is 1. The van der Waals surface area contributed by atoms with Gasteiger partial charge in [0, 0.05) is 25.9 Å². The molecule has 0 radical (unpaired) electrons. The molecule has 7 heteroatoms. The Bertz CT molecular complexity index is 796. The van der Waals surface area contributed by atoms with Crippen LogP contribution in [0.4, 0.5) is 10.1 Å². The first kappa shape index (κ1) is 28.6. The molecule has 0 bridgehead atoms. The lowest BCUT2D eigenvalue weighted by atomic mass is 9.90. The van der Waals surface area contributed by atoms with Gasteiger partial charge in [0.05, 0.1) is 11.6 Å². The second kappa shape index (κ2) is 13.3. The molecular weight excluding hydrogens is 423 g/mol. The molecule has 2 aliphatic heterocycles. The van der Waals surface area contributed by atoms with Crippen molar-refractivity contribution in [3.63, 3.8) is 0 Å². The molecule has 1 N–H and O–H groups in total. The van der Waals surface area contributed by atoms with Crippen molar-refractivity contribution in [1.29, 1.82) is 0 Å². The second-order valence-electron chi connectivity index (χ2n) is 8.94. The Hall–Kier alpha value is -2.44. The summed E-state index contributed by atoms with van der Waals surface area (Å²) in [7, 11) is 0. The van der Waals surface area contributed by atoms with Crippen LogP contribution in [0.1, 0.15) is 92.1 Å². The highest BCUT2D eigenvalue weighted by atomic mass is 19.1. The van der Waals surface area contributed by atoms with Gasteiger partial charge in [0.25, 0.3) is 0 Å². The quantitative estimate of drug-likeness (QED) is 0.480. The van der Waals surface area contributed by atoms with Gasteiger partial charge in [-0.2, -0.15) is 0 Å². The van der Waals surface area contributed by atoms with E-state index in [-0.39, 0.29) is 35.9 Å². The molecule has 2 saturated heterocycles. The van der Waals surface area contributed by atoms with Gasteiger partial charge in [-0.1, -0.05) is 33.8 Å². The third-order valence-electron chi connectivity index (χ3n) is 5.44. The molecule has 1 atom stereocenters. The van der Waals surface area contributed by atoms with Crippen LogP contribution in [0.15, 0.2) is 18.2 Å². The monoisotopic (exact) mass is 464 g/mol. The summed E-state index contributed by atoms with van der Waals surface area (Å²) >= 11 is 0. The van der Waals surface area contributed by atoms with E-state index in [0.717, 1.165) is 12.8 Å². The molecule has 1 unspecified atom stereocenters. The van der Waals surface area contributed by atoms with Gasteiger partial charge in [-0.25, -0.2) is 4.39 Å². The summed E-state index contributed by atoms with van der Waals surface area (Å²) in [6.45, 7) is 14.9. The summed E-state index contributed by atoms with van der Waals surface area (Å²) in [6.07, 6.45) is 2.66. The van der Waals surface area contributed by atoms with E-state index in [4.69, 9.17) is 4.74 Å². The molecule has 0 spiro atoms. The number of hydrogen-bond donors (Lipinski definition) is 1. The number of piperidine rings is 2. The number of benzene rings is 1. The Morgan fingerprint density at radius 1 is 1.09 bits per heavy atom. The van der Waals surface area contributed by atoms with E-state index in [0.29, 0.717) is 37.2 Å². The highest BCUT2D eigenvalue weighted by Gasteiger charge is 2.30. The zero-order valence-electron chi connectivity index (χ0n) is 21.3.